The van der Waals surface area contributed by atoms with Crippen molar-refractivity contribution in [2.75, 3.05) is 5.73 Å². The van der Waals surface area contributed by atoms with Gasteiger partial charge in [-0.3, -0.25) is 0 Å². The number of alkyl halides is 3. The Kier molecular flexibility index (Phi) is 5.22. The van der Waals surface area contributed by atoms with E-state index in [2.05, 4.69) is 9.97 Å². The quantitative estimate of drug-likeness (QED) is 0.424. The van der Waals surface area contributed by atoms with Crippen LogP contribution in [-0.4, -0.2) is 9.97 Å². The number of fused-ring (bicyclic) bond motifs is 1. The van der Waals surface area contributed by atoms with Gasteiger partial charge < -0.3 is 10.5 Å². The van der Waals surface area contributed by atoms with Crippen molar-refractivity contribution in [2.24, 2.45) is 0 Å². The van der Waals surface area contributed by atoms with Crippen molar-refractivity contribution >= 4 is 28.5 Å². The van der Waals surface area contributed by atoms with Gasteiger partial charge in [-0.2, -0.15) is 13.2 Å². The molecule has 1 aromatic heterocycles. The summed E-state index contributed by atoms with van der Waals surface area (Å²) in [5, 5.41) is 1.26. The smallest absolute Gasteiger partial charge is 0.416 e. The van der Waals surface area contributed by atoms with Gasteiger partial charge in [-0.1, -0.05) is 35.9 Å². The van der Waals surface area contributed by atoms with Crippen LogP contribution in [0.4, 0.5) is 19.1 Å². The van der Waals surface area contributed by atoms with Crippen LogP contribution in [0.5, 0.6) is 5.75 Å². The molecule has 4 nitrogen and oxygen atoms in total. The van der Waals surface area contributed by atoms with Crippen LogP contribution in [0.25, 0.3) is 22.2 Å². The van der Waals surface area contributed by atoms with E-state index in [0.29, 0.717) is 27.5 Å². The van der Waals surface area contributed by atoms with Crippen LogP contribution in [0.1, 0.15) is 11.1 Å². The minimum Gasteiger partial charge on any atom is -0.489 e. The zero-order valence-corrected chi connectivity index (χ0v) is 16.2. The summed E-state index contributed by atoms with van der Waals surface area (Å²) >= 11 is 6.12. The number of halogens is 4. The van der Waals surface area contributed by atoms with Gasteiger partial charge in [-0.05, 0) is 48.0 Å². The average Bonchev–Trinajstić information content (AvgIpc) is 2.72. The lowest BCUT2D eigenvalue weighted by molar-refractivity contribution is -0.137. The molecule has 0 fully saturated rings. The number of ether oxygens (including phenoxy) is 1. The summed E-state index contributed by atoms with van der Waals surface area (Å²) in [6.07, 6.45) is -4.40. The van der Waals surface area contributed by atoms with Crippen LogP contribution < -0.4 is 10.5 Å². The van der Waals surface area contributed by atoms with Crippen molar-refractivity contribution in [1.29, 1.82) is 0 Å². The first-order valence-corrected chi connectivity index (χ1v) is 9.29. The average molecular weight is 430 g/mol. The Morgan fingerprint density at radius 3 is 2.53 bits per heavy atom. The van der Waals surface area contributed by atoms with Crippen LogP contribution in [-0.2, 0) is 12.8 Å². The monoisotopic (exact) mass is 429 g/mol. The molecule has 3 aromatic carbocycles. The Morgan fingerprint density at radius 2 is 1.73 bits per heavy atom. The number of benzene rings is 3. The van der Waals surface area contributed by atoms with Gasteiger partial charge in [0.05, 0.1) is 16.8 Å². The van der Waals surface area contributed by atoms with Crippen molar-refractivity contribution in [1.82, 2.24) is 9.97 Å². The molecule has 0 saturated carbocycles. The third-order valence-electron chi connectivity index (χ3n) is 4.44. The highest BCUT2D eigenvalue weighted by Gasteiger charge is 2.30. The number of hydrogen-bond acceptors (Lipinski definition) is 4. The van der Waals surface area contributed by atoms with Gasteiger partial charge in [0.25, 0.3) is 0 Å². The van der Waals surface area contributed by atoms with E-state index in [1.54, 1.807) is 42.5 Å². The van der Waals surface area contributed by atoms with Gasteiger partial charge >= 0.3 is 6.18 Å². The second kappa shape index (κ2) is 7.84. The molecule has 0 aliphatic heterocycles. The number of anilines is 1. The highest BCUT2D eigenvalue weighted by atomic mass is 35.5. The lowest BCUT2D eigenvalue weighted by Gasteiger charge is -2.12. The Hall–Kier alpha value is -3.32. The normalized spacial score (nSPS) is 11.6. The molecule has 0 amide bonds. The Bertz CT molecular complexity index is 1230. The molecule has 2 N–H and O–H groups in total. The summed E-state index contributed by atoms with van der Waals surface area (Å²) in [6, 6.07) is 17.3. The predicted molar refractivity (Wildman–Crippen MR) is 110 cm³/mol. The summed E-state index contributed by atoms with van der Waals surface area (Å²) in [5.41, 5.74) is 7.51. The number of rotatable bonds is 4. The maximum absolute atomic E-state index is 12.9. The molecule has 0 saturated heterocycles. The summed E-state index contributed by atoms with van der Waals surface area (Å²) in [4.78, 5) is 8.55. The maximum atomic E-state index is 12.9. The minimum absolute atomic E-state index is 0.00807. The topological polar surface area (TPSA) is 61.0 Å². The zero-order chi connectivity index (χ0) is 21.3. The van der Waals surface area contributed by atoms with Gasteiger partial charge in [0.15, 0.2) is 0 Å². The van der Waals surface area contributed by atoms with Crippen LogP contribution >= 0.6 is 11.6 Å². The number of nitrogen functional groups attached to an aromatic ring is 1. The van der Waals surface area contributed by atoms with E-state index < -0.39 is 11.7 Å². The summed E-state index contributed by atoms with van der Waals surface area (Å²) < 4.78 is 44.4. The lowest BCUT2D eigenvalue weighted by Crippen LogP contribution is -2.06. The fourth-order valence-corrected chi connectivity index (χ4v) is 3.25. The lowest BCUT2D eigenvalue weighted by atomic mass is 10.1. The van der Waals surface area contributed by atoms with Gasteiger partial charge in [0.1, 0.15) is 12.4 Å². The van der Waals surface area contributed by atoms with Gasteiger partial charge in [0, 0.05) is 16.0 Å². The Labute approximate surface area is 175 Å². The molecule has 8 heteroatoms. The van der Waals surface area contributed by atoms with Crippen LogP contribution in [0.15, 0.2) is 66.7 Å². The largest absolute Gasteiger partial charge is 0.489 e. The molecule has 4 aromatic rings. The first-order valence-electron chi connectivity index (χ1n) is 8.92. The summed E-state index contributed by atoms with van der Waals surface area (Å²) in [5.74, 6) is 0.604. The van der Waals surface area contributed by atoms with Crippen molar-refractivity contribution in [2.45, 2.75) is 12.8 Å². The molecule has 0 unspecified atom stereocenters. The molecule has 0 atom stereocenters. The summed E-state index contributed by atoms with van der Waals surface area (Å²) in [7, 11) is 0. The standard InChI is InChI=1S/C22H15ClF3N3O/c23-16-7-8-19-18(11-16)20(29-21(27)28-19)14-4-2-6-17(10-14)30-12-13-3-1-5-15(9-13)22(24,25)26/h1-11H,12H2,(H2,27,28,29). The molecule has 4 rings (SSSR count). The number of nitrogens with two attached hydrogens (primary N) is 1. The second-order valence-electron chi connectivity index (χ2n) is 6.61. The minimum atomic E-state index is -4.40. The maximum Gasteiger partial charge on any atom is 0.416 e. The SMILES string of the molecule is Nc1nc(-c2cccc(OCc3cccc(C(F)(F)F)c3)c2)c2cc(Cl)ccc2n1. The van der Waals surface area contributed by atoms with Gasteiger partial charge in [0.2, 0.25) is 5.95 Å². The third kappa shape index (κ3) is 4.31. The number of aromatic nitrogens is 2. The van der Waals surface area contributed by atoms with E-state index in [9.17, 15) is 13.2 Å². The molecule has 0 spiro atoms. The van der Waals surface area contributed by atoms with E-state index >= 15 is 0 Å². The molecule has 0 radical (unpaired) electrons. The van der Waals surface area contributed by atoms with Crippen molar-refractivity contribution in [3.8, 4) is 17.0 Å². The summed E-state index contributed by atoms with van der Waals surface area (Å²) in [6.45, 7) is -0.00807. The van der Waals surface area contributed by atoms with Crippen molar-refractivity contribution in [3.63, 3.8) is 0 Å². The van der Waals surface area contributed by atoms with Crippen molar-refractivity contribution in [3.05, 3.63) is 82.9 Å². The zero-order valence-electron chi connectivity index (χ0n) is 15.4. The van der Waals surface area contributed by atoms with E-state index in [-0.39, 0.29) is 12.6 Å². The molecule has 152 valence electrons. The molecule has 30 heavy (non-hydrogen) atoms. The van der Waals surface area contributed by atoms with Crippen LogP contribution in [0.3, 0.4) is 0 Å². The number of nitrogens with zero attached hydrogens (tertiary/aromatic N) is 2. The Morgan fingerprint density at radius 1 is 0.933 bits per heavy atom. The van der Waals surface area contributed by atoms with Gasteiger partial charge in [-0.15, -0.1) is 0 Å². The fraction of sp³-hybridized carbons (Fsp3) is 0.0909. The Balaban J connectivity index is 1.63. The molecule has 0 aliphatic carbocycles. The molecule has 0 aliphatic rings. The molecule has 1 heterocycles. The highest BCUT2D eigenvalue weighted by Crippen LogP contribution is 2.32. The third-order valence-corrected chi connectivity index (χ3v) is 4.68. The van der Waals surface area contributed by atoms with Gasteiger partial charge in [-0.25, -0.2) is 9.97 Å². The van der Waals surface area contributed by atoms with E-state index in [1.807, 2.05) is 6.07 Å². The molecular formula is C22H15ClF3N3O. The second-order valence-corrected chi connectivity index (χ2v) is 7.04. The van der Waals surface area contributed by atoms with E-state index in [4.69, 9.17) is 22.1 Å². The first-order chi connectivity index (χ1) is 14.3. The number of hydrogen-bond donors (Lipinski definition) is 1. The van der Waals surface area contributed by atoms with E-state index in [1.165, 1.54) is 6.07 Å². The first kappa shape index (κ1) is 20.0. The van der Waals surface area contributed by atoms with E-state index in [0.717, 1.165) is 23.1 Å². The fourth-order valence-electron chi connectivity index (χ4n) is 3.08. The predicted octanol–water partition coefficient (Wildman–Crippen LogP) is 6.13. The van der Waals surface area contributed by atoms with Crippen LogP contribution in [0, 0.1) is 0 Å². The molecule has 0 bridgehead atoms. The molecular weight excluding hydrogens is 415 g/mol. The van der Waals surface area contributed by atoms with Crippen LogP contribution in [0.2, 0.25) is 5.02 Å². The van der Waals surface area contributed by atoms with Crippen molar-refractivity contribution < 1.29 is 17.9 Å². The highest BCUT2D eigenvalue weighted by molar-refractivity contribution is 6.31.